The van der Waals surface area contributed by atoms with E-state index in [2.05, 4.69) is 26.1 Å². The second kappa shape index (κ2) is 8.65. The average molecular weight is 459 g/mol. The molecule has 0 saturated heterocycles. The number of benzene rings is 2. The number of rotatable bonds is 6. The minimum atomic E-state index is -0.345. The highest BCUT2D eigenvalue weighted by Crippen LogP contribution is 2.35. The molecule has 150 valence electrons. The van der Waals surface area contributed by atoms with Crippen molar-refractivity contribution in [2.24, 2.45) is 0 Å². The van der Waals surface area contributed by atoms with E-state index in [4.69, 9.17) is 18.6 Å². The molecule has 4 rings (SSSR count). The van der Waals surface area contributed by atoms with E-state index >= 15 is 0 Å². The number of carbonyl (C=O) groups is 1. The highest BCUT2D eigenvalue weighted by atomic mass is 79.9. The topological polar surface area (TPSA) is 83.7 Å². The van der Waals surface area contributed by atoms with Crippen molar-refractivity contribution in [1.82, 2.24) is 10.2 Å². The maximum atomic E-state index is 12.1. The smallest absolute Gasteiger partial charge is 0.306 e. The van der Waals surface area contributed by atoms with Gasteiger partial charge in [0.05, 0.1) is 6.42 Å². The number of carbonyl (C=O) groups excluding carboxylic acids is 1. The van der Waals surface area contributed by atoms with E-state index in [0.29, 0.717) is 42.9 Å². The summed E-state index contributed by atoms with van der Waals surface area (Å²) in [5, 5.41) is 8.04. The summed E-state index contributed by atoms with van der Waals surface area (Å²) in [6.45, 7) is 3.17. The van der Waals surface area contributed by atoms with Gasteiger partial charge in [-0.2, -0.15) is 0 Å². The fourth-order valence-electron chi connectivity index (χ4n) is 2.82. The van der Waals surface area contributed by atoms with Gasteiger partial charge in [-0.05, 0) is 31.2 Å². The SMILES string of the molecule is Cc1ccc(-c2nnc(CCC(=O)OCc3cc4c(cc3Br)OCCO4)o2)cc1. The summed E-state index contributed by atoms with van der Waals surface area (Å²) < 4.78 is 22.9. The van der Waals surface area contributed by atoms with Gasteiger partial charge in [0.15, 0.2) is 11.5 Å². The molecule has 1 aliphatic rings. The maximum Gasteiger partial charge on any atom is 0.306 e. The number of hydrogen-bond donors (Lipinski definition) is 0. The molecule has 0 spiro atoms. The van der Waals surface area contributed by atoms with Crippen molar-refractivity contribution < 1.29 is 23.4 Å². The van der Waals surface area contributed by atoms with Crippen molar-refractivity contribution in [1.29, 1.82) is 0 Å². The summed E-state index contributed by atoms with van der Waals surface area (Å²) in [5.41, 5.74) is 2.81. The number of esters is 1. The first-order valence-electron chi connectivity index (χ1n) is 9.21. The van der Waals surface area contributed by atoms with Crippen molar-refractivity contribution >= 4 is 21.9 Å². The summed E-state index contributed by atoms with van der Waals surface area (Å²) in [5.74, 6) is 1.83. The summed E-state index contributed by atoms with van der Waals surface area (Å²) >= 11 is 3.47. The molecule has 0 fully saturated rings. The van der Waals surface area contributed by atoms with Crippen LogP contribution in [0.15, 0.2) is 45.3 Å². The molecule has 3 aromatic rings. The molecule has 2 heterocycles. The first-order valence-corrected chi connectivity index (χ1v) is 10.0. The zero-order valence-corrected chi connectivity index (χ0v) is 17.4. The van der Waals surface area contributed by atoms with E-state index in [1.807, 2.05) is 43.3 Å². The van der Waals surface area contributed by atoms with Gasteiger partial charge in [-0.25, -0.2) is 0 Å². The third-order valence-electron chi connectivity index (χ3n) is 4.41. The molecule has 0 bridgehead atoms. The van der Waals surface area contributed by atoms with Crippen LogP contribution in [-0.4, -0.2) is 29.4 Å². The molecule has 0 radical (unpaired) electrons. The summed E-state index contributed by atoms with van der Waals surface area (Å²) in [7, 11) is 0. The Morgan fingerprint density at radius 3 is 2.59 bits per heavy atom. The molecule has 0 aliphatic carbocycles. The zero-order valence-electron chi connectivity index (χ0n) is 15.8. The Balaban J connectivity index is 1.30. The van der Waals surface area contributed by atoms with Crippen LogP contribution in [-0.2, 0) is 22.6 Å². The van der Waals surface area contributed by atoms with Gasteiger partial charge in [-0.15, -0.1) is 10.2 Å². The Morgan fingerprint density at radius 2 is 1.83 bits per heavy atom. The van der Waals surface area contributed by atoms with Crippen molar-refractivity contribution in [2.75, 3.05) is 13.2 Å². The number of fused-ring (bicyclic) bond motifs is 1. The minimum absolute atomic E-state index is 0.133. The van der Waals surface area contributed by atoms with E-state index in [0.717, 1.165) is 21.2 Å². The number of aromatic nitrogens is 2. The lowest BCUT2D eigenvalue weighted by molar-refractivity contribution is -0.145. The normalized spacial score (nSPS) is 12.6. The van der Waals surface area contributed by atoms with Crippen LogP contribution in [0.2, 0.25) is 0 Å². The molecule has 0 N–H and O–H groups in total. The molecule has 0 amide bonds. The van der Waals surface area contributed by atoms with Crippen LogP contribution in [0, 0.1) is 6.92 Å². The van der Waals surface area contributed by atoms with Gasteiger partial charge in [-0.3, -0.25) is 4.79 Å². The van der Waals surface area contributed by atoms with Crippen LogP contribution >= 0.6 is 15.9 Å². The number of hydrogen-bond acceptors (Lipinski definition) is 7. The van der Waals surface area contributed by atoms with Gasteiger partial charge < -0.3 is 18.6 Å². The molecule has 7 nitrogen and oxygen atoms in total. The van der Waals surface area contributed by atoms with Crippen LogP contribution in [0.5, 0.6) is 11.5 Å². The molecule has 8 heteroatoms. The Bertz CT molecular complexity index is 1020. The lowest BCUT2D eigenvalue weighted by atomic mass is 10.1. The Kier molecular flexibility index (Phi) is 5.80. The number of halogens is 1. The van der Waals surface area contributed by atoms with Gasteiger partial charge >= 0.3 is 5.97 Å². The average Bonchev–Trinajstić information content (AvgIpc) is 3.20. The number of ether oxygens (including phenoxy) is 3. The van der Waals surface area contributed by atoms with E-state index in [1.165, 1.54) is 0 Å². The highest BCUT2D eigenvalue weighted by Gasteiger charge is 2.16. The van der Waals surface area contributed by atoms with Crippen LogP contribution in [0.3, 0.4) is 0 Å². The predicted octanol–water partition coefficient (Wildman–Crippen LogP) is 4.25. The molecule has 0 unspecified atom stereocenters. The number of aryl methyl sites for hydroxylation is 2. The Hall–Kier alpha value is -2.87. The predicted molar refractivity (Wildman–Crippen MR) is 108 cm³/mol. The fourth-order valence-corrected chi connectivity index (χ4v) is 3.26. The largest absolute Gasteiger partial charge is 0.486 e. The summed E-state index contributed by atoms with van der Waals surface area (Å²) in [6, 6.07) is 11.4. The minimum Gasteiger partial charge on any atom is -0.486 e. The monoisotopic (exact) mass is 458 g/mol. The summed E-state index contributed by atoms with van der Waals surface area (Å²) in [4.78, 5) is 12.1. The third kappa shape index (κ3) is 4.76. The second-order valence-corrected chi connectivity index (χ2v) is 7.47. The molecular weight excluding hydrogens is 440 g/mol. The van der Waals surface area contributed by atoms with Crippen molar-refractivity contribution in [3.05, 3.63) is 57.9 Å². The molecule has 0 saturated carbocycles. The second-order valence-electron chi connectivity index (χ2n) is 6.61. The highest BCUT2D eigenvalue weighted by molar-refractivity contribution is 9.10. The van der Waals surface area contributed by atoms with Gasteiger partial charge in [0.2, 0.25) is 11.8 Å². The lowest BCUT2D eigenvalue weighted by Crippen LogP contribution is -2.15. The van der Waals surface area contributed by atoms with E-state index in [1.54, 1.807) is 0 Å². The quantitative estimate of drug-likeness (QED) is 0.510. The maximum absolute atomic E-state index is 12.1. The molecular formula is C21H19BrN2O5. The Morgan fingerprint density at radius 1 is 1.10 bits per heavy atom. The molecule has 1 aliphatic heterocycles. The fraction of sp³-hybridized carbons (Fsp3) is 0.286. The van der Waals surface area contributed by atoms with Crippen LogP contribution < -0.4 is 9.47 Å². The van der Waals surface area contributed by atoms with Gasteiger partial charge in [0.25, 0.3) is 0 Å². The van der Waals surface area contributed by atoms with Gasteiger partial charge in [-0.1, -0.05) is 33.6 Å². The molecule has 2 aromatic carbocycles. The van der Waals surface area contributed by atoms with E-state index < -0.39 is 0 Å². The van der Waals surface area contributed by atoms with Gasteiger partial charge in [0.1, 0.15) is 19.8 Å². The first kappa shape index (κ1) is 19.4. The van der Waals surface area contributed by atoms with Crippen molar-refractivity contribution in [3.8, 4) is 23.0 Å². The zero-order chi connectivity index (χ0) is 20.2. The summed E-state index contributed by atoms with van der Waals surface area (Å²) in [6.07, 6.45) is 0.470. The van der Waals surface area contributed by atoms with E-state index in [-0.39, 0.29) is 19.0 Å². The molecule has 29 heavy (non-hydrogen) atoms. The molecule has 0 atom stereocenters. The first-order chi connectivity index (χ1) is 14.1. The van der Waals surface area contributed by atoms with Crippen LogP contribution in [0.25, 0.3) is 11.5 Å². The lowest BCUT2D eigenvalue weighted by Gasteiger charge is -2.19. The van der Waals surface area contributed by atoms with Crippen molar-refractivity contribution in [3.63, 3.8) is 0 Å². The van der Waals surface area contributed by atoms with Gasteiger partial charge in [0, 0.05) is 22.0 Å². The third-order valence-corrected chi connectivity index (χ3v) is 5.15. The number of nitrogens with zero attached hydrogens (tertiary/aromatic N) is 2. The van der Waals surface area contributed by atoms with E-state index in [9.17, 15) is 4.79 Å². The Labute approximate surface area is 176 Å². The van der Waals surface area contributed by atoms with Crippen LogP contribution in [0.1, 0.15) is 23.4 Å². The van der Waals surface area contributed by atoms with Crippen LogP contribution in [0.4, 0.5) is 0 Å². The standard InChI is InChI=1S/C21H19BrN2O5/c1-13-2-4-14(5-3-13)21-24-23-19(29-21)6-7-20(25)28-12-15-10-17-18(11-16(15)22)27-9-8-26-17/h2-5,10-11H,6-9,12H2,1H3. The van der Waals surface area contributed by atoms with Crippen molar-refractivity contribution in [2.45, 2.75) is 26.4 Å². The molecule has 1 aromatic heterocycles.